The van der Waals surface area contributed by atoms with Crippen LogP contribution in [0.2, 0.25) is 0 Å². The van der Waals surface area contributed by atoms with Crippen LogP contribution < -0.4 is 5.32 Å². The fourth-order valence-electron chi connectivity index (χ4n) is 3.44. The molecule has 6 heteroatoms. The van der Waals surface area contributed by atoms with Crippen LogP contribution in [0.5, 0.6) is 0 Å². The van der Waals surface area contributed by atoms with Crippen LogP contribution in [0.15, 0.2) is 54.7 Å². The van der Waals surface area contributed by atoms with Gasteiger partial charge < -0.3 is 10.2 Å². The molecule has 1 aromatic carbocycles. The lowest BCUT2D eigenvalue weighted by Gasteiger charge is -2.17. The van der Waals surface area contributed by atoms with Crippen molar-refractivity contribution in [2.75, 3.05) is 13.1 Å². The smallest absolute Gasteiger partial charge is 0.272 e. The third kappa shape index (κ3) is 3.51. The SMILES string of the molecule is Cc1cccc(C(=O)N2CC[C@@H](NC(=O)c3cccc4cccnc34)C2)n1. The quantitative estimate of drug-likeness (QED) is 0.779. The van der Waals surface area contributed by atoms with Gasteiger partial charge in [0.1, 0.15) is 5.69 Å². The first kappa shape index (κ1) is 17.1. The number of nitrogens with one attached hydrogen (secondary N) is 1. The summed E-state index contributed by atoms with van der Waals surface area (Å²) in [7, 11) is 0. The number of carbonyl (C=O) groups is 2. The Labute approximate surface area is 157 Å². The summed E-state index contributed by atoms with van der Waals surface area (Å²) in [6, 6.07) is 14.7. The molecule has 1 atom stereocenters. The molecule has 1 aliphatic heterocycles. The number of carbonyl (C=O) groups excluding carboxylic acids is 2. The van der Waals surface area contributed by atoms with Crippen molar-refractivity contribution in [3.63, 3.8) is 0 Å². The monoisotopic (exact) mass is 360 g/mol. The van der Waals surface area contributed by atoms with Crippen LogP contribution in [0.25, 0.3) is 10.9 Å². The van der Waals surface area contributed by atoms with Crippen LogP contribution in [0.1, 0.15) is 33.0 Å². The Morgan fingerprint density at radius 3 is 2.78 bits per heavy atom. The van der Waals surface area contributed by atoms with E-state index >= 15 is 0 Å². The van der Waals surface area contributed by atoms with Gasteiger partial charge in [0.05, 0.1) is 11.1 Å². The van der Waals surface area contributed by atoms with Crippen LogP contribution in [0.4, 0.5) is 0 Å². The fraction of sp³-hybridized carbons (Fsp3) is 0.238. The van der Waals surface area contributed by atoms with Crippen molar-refractivity contribution in [3.8, 4) is 0 Å². The molecule has 0 bridgehead atoms. The number of hydrogen-bond acceptors (Lipinski definition) is 4. The number of aryl methyl sites for hydroxylation is 1. The van der Waals surface area contributed by atoms with Gasteiger partial charge in [-0.2, -0.15) is 0 Å². The van der Waals surface area contributed by atoms with Gasteiger partial charge in [-0.3, -0.25) is 14.6 Å². The molecule has 0 saturated carbocycles. The van der Waals surface area contributed by atoms with E-state index in [1.165, 1.54) is 0 Å². The van der Waals surface area contributed by atoms with Gasteiger partial charge in [-0.15, -0.1) is 0 Å². The van der Waals surface area contributed by atoms with E-state index in [1.807, 2.05) is 43.3 Å². The summed E-state index contributed by atoms with van der Waals surface area (Å²) in [6.45, 7) is 2.95. The summed E-state index contributed by atoms with van der Waals surface area (Å²) >= 11 is 0. The first-order chi connectivity index (χ1) is 13.1. The summed E-state index contributed by atoms with van der Waals surface area (Å²) in [4.78, 5) is 35.7. The normalized spacial score (nSPS) is 16.5. The van der Waals surface area contributed by atoms with Crippen LogP contribution in [0, 0.1) is 6.92 Å². The maximum absolute atomic E-state index is 12.7. The Balaban J connectivity index is 1.45. The highest BCUT2D eigenvalue weighted by Gasteiger charge is 2.29. The molecule has 4 rings (SSSR count). The van der Waals surface area contributed by atoms with Crippen molar-refractivity contribution in [1.82, 2.24) is 20.2 Å². The number of para-hydroxylation sites is 1. The van der Waals surface area contributed by atoms with Crippen molar-refractivity contribution in [2.45, 2.75) is 19.4 Å². The number of likely N-dealkylation sites (tertiary alicyclic amines) is 1. The summed E-state index contributed by atoms with van der Waals surface area (Å²) < 4.78 is 0. The van der Waals surface area contributed by atoms with Gasteiger partial charge in [0.25, 0.3) is 11.8 Å². The largest absolute Gasteiger partial charge is 0.347 e. The Hall–Kier alpha value is -3.28. The molecule has 136 valence electrons. The highest BCUT2D eigenvalue weighted by atomic mass is 16.2. The predicted octanol–water partition coefficient (Wildman–Crippen LogP) is 2.58. The second kappa shape index (κ2) is 7.15. The maximum atomic E-state index is 12.7. The van der Waals surface area contributed by atoms with Gasteiger partial charge in [0, 0.05) is 36.4 Å². The molecule has 27 heavy (non-hydrogen) atoms. The zero-order chi connectivity index (χ0) is 18.8. The molecule has 0 spiro atoms. The summed E-state index contributed by atoms with van der Waals surface area (Å²) in [5, 5.41) is 3.97. The first-order valence-electron chi connectivity index (χ1n) is 8.99. The Morgan fingerprint density at radius 2 is 1.93 bits per heavy atom. The van der Waals surface area contributed by atoms with E-state index in [9.17, 15) is 9.59 Å². The van der Waals surface area contributed by atoms with Gasteiger partial charge >= 0.3 is 0 Å². The minimum atomic E-state index is -0.160. The Morgan fingerprint density at radius 1 is 1.11 bits per heavy atom. The van der Waals surface area contributed by atoms with Gasteiger partial charge in [0.2, 0.25) is 0 Å². The van der Waals surface area contributed by atoms with Crippen molar-refractivity contribution >= 4 is 22.7 Å². The highest BCUT2D eigenvalue weighted by Crippen LogP contribution is 2.18. The number of benzene rings is 1. The predicted molar refractivity (Wildman–Crippen MR) is 102 cm³/mol. The fourth-order valence-corrected chi connectivity index (χ4v) is 3.44. The van der Waals surface area contributed by atoms with Crippen LogP contribution in [-0.2, 0) is 0 Å². The topological polar surface area (TPSA) is 75.2 Å². The number of hydrogen-bond donors (Lipinski definition) is 1. The van der Waals surface area contributed by atoms with E-state index < -0.39 is 0 Å². The molecule has 3 aromatic rings. The average Bonchev–Trinajstić information content (AvgIpc) is 3.15. The molecule has 6 nitrogen and oxygen atoms in total. The van der Waals surface area contributed by atoms with Crippen molar-refractivity contribution in [1.29, 1.82) is 0 Å². The zero-order valence-electron chi connectivity index (χ0n) is 15.1. The first-order valence-corrected chi connectivity index (χ1v) is 8.99. The molecule has 3 heterocycles. The van der Waals surface area contributed by atoms with Crippen LogP contribution in [-0.4, -0.2) is 45.8 Å². The molecular weight excluding hydrogens is 340 g/mol. The molecule has 2 aromatic heterocycles. The number of fused-ring (bicyclic) bond motifs is 1. The number of aromatic nitrogens is 2. The molecule has 0 radical (unpaired) electrons. The number of rotatable bonds is 3. The molecule has 0 aliphatic carbocycles. The van der Waals surface area contributed by atoms with E-state index in [2.05, 4.69) is 15.3 Å². The molecule has 0 unspecified atom stereocenters. The lowest BCUT2D eigenvalue weighted by molar-refractivity contribution is 0.0777. The molecule has 1 aliphatic rings. The Kier molecular flexibility index (Phi) is 4.54. The number of nitrogens with zero attached hydrogens (tertiary/aromatic N) is 3. The van der Waals surface area contributed by atoms with E-state index in [4.69, 9.17) is 0 Å². The van der Waals surface area contributed by atoms with E-state index in [-0.39, 0.29) is 17.9 Å². The van der Waals surface area contributed by atoms with E-state index in [0.717, 1.165) is 17.5 Å². The van der Waals surface area contributed by atoms with Gasteiger partial charge in [-0.05, 0) is 37.6 Å². The zero-order valence-corrected chi connectivity index (χ0v) is 15.1. The van der Waals surface area contributed by atoms with Crippen LogP contribution >= 0.6 is 0 Å². The minimum Gasteiger partial charge on any atom is -0.347 e. The van der Waals surface area contributed by atoms with E-state index in [1.54, 1.807) is 23.2 Å². The molecule has 2 amide bonds. The standard InChI is InChI=1S/C21H20N4O2/c1-14-5-2-9-18(23-14)21(27)25-12-10-16(13-25)24-20(26)17-8-3-6-15-7-4-11-22-19(15)17/h2-9,11,16H,10,12-13H2,1H3,(H,24,26)/t16-/m1/s1. The number of pyridine rings is 2. The summed E-state index contributed by atoms with van der Waals surface area (Å²) in [6.07, 6.45) is 2.41. The lowest BCUT2D eigenvalue weighted by atomic mass is 10.1. The number of amides is 2. The molecule has 1 fully saturated rings. The maximum Gasteiger partial charge on any atom is 0.272 e. The average molecular weight is 360 g/mol. The molecule has 1 N–H and O–H groups in total. The second-order valence-corrected chi connectivity index (χ2v) is 6.76. The Bertz CT molecular complexity index is 1010. The van der Waals surface area contributed by atoms with Crippen molar-refractivity contribution < 1.29 is 9.59 Å². The van der Waals surface area contributed by atoms with Crippen molar-refractivity contribution in [3.05, 3.63) is 71.7 Å². The van der Waals surface area contributed by atoms with Gasteiger partial charge in [-0.25, -0.2) is 4.98 Å². The lowest BCUT2D eigenvalue weighted by Crippen LogP contribution is -2.38. The summed E-state index contributed by atoms with van der Waals surface area (Å²) in [5.74, 6) is -0.255. The molecular formula is C21H20N4O2. The molecule has 1 saturated heterocycles. The van der Waals surface area contributed by atoms with Crippen LogP contribution in [0.3, 0.4) is 0 Å². The highest BCUT2D eigenvalue weighted by molar-refractivity contribution is 6.05. The second-order valence-electron chi connectivity index (χ2n) is 6.76. The summed E-state index contributed by atoms with van der Waals surface area (Å²) in [5.41, 5.74) is 2.50. The van der Waals surface area contributed by atoms with Crippen molar-refractivity contribution in [2.24, 2.45) is 0 Å². The third-order valence-corrected chi connectivity index (χ3v) is 4.80. The third-order valence-electron chi connectivity index (χ3n) is 4.80. The minimum absolute atomic E-state index is 0.0785. The van der Waals surface area contributed by atoms with Gasteiger partial charge in [-0.1, -0.05) is 24.3 Å². The van der Waals surface area contributed by atoms with Gasteiger partial charge in [0.15, 0.2) is 0 Å². The van der Waals surface area contributed by atoms with E-state index in [0.29, 0.717) is 29.9 Å².